The molecule has 3 nitrogen and oxygen atoms in total. The van der Waals surface area contributed by atoms with Crippen LogP contribution in [0.4, 0.5) is 0 Å². The summed E-state index contributed by atoms with van der Waals surface area (Å²) in [6.45, 7) is 6.99. The molecule has 0 aromatic carbocycles. The first-order valence-corrected chi connectivity index (χ1v) is 9.76. The van der Waals surface area contributed by atoms with Crippen LogP contribution in [-0.4, -0.2) is 24.8 Å². The SMILES string of the molecule is COC(=O)[C@@H]1N=C1/C=C\CCCCCCCCCCCC(C)(C)C. The van der Waals surface area contributed by atoms with Gasteiger partial charge in [-0.15, -0.1) is 0 Å². The van der Waals surface area contributed by atoms with Crippen molar-refractivity contribution < 1.29 is 9.53 Å². The minimum atomic E-state index is -0.311. The van der Waals surface area contributed by atoms with Crippen molar-refractivity contribution in [2.24, 2.45) is 10.4 Å². The van der Waals surface area contributed by atoms with Crippen molar-refractivity contribution >= 4 is 11.7 Å². The molecule has 0 aromatic heterocycles. The van der Waals surface area contributed by atoms with Gasteiger partial charge < -0.3 is 4.74 Å². The van der Waals surface area contributed by atoms with E-state index in [4.69, 9.17) is 0 Å². The molecule has 1 heterocycles. The Morgan fingerprint density at radius 2 is 1.54 bits per heavy atom. The van der Waals surface area contributed by atoms with Gasteiger partial charge in [0, 0.05) is 0 Å². The lowest BCUT2D eigenvalue weighted by Crippen LogP contribution is -2.12. The van der Waals surface area contributed by atoms with Crippen LogP contribution in [0, 0.1) is 5.41 Å². The van der Waals surface area contributed by atoms with E-state index in [9.17, 15) is 4.79 Å². The second kappa shape index (κ2) is 11.4. The van der Waals surface area contributed by atoms with Crippen LogP contribution in [0.5, 0.6) is 0 Å². The Morgan fingerprint density at radius 1 is 1.00 bits per heavy atom. The van der Waals surface area contributed by atoms with Crippen LogP contribution < -0.4 is 0 Å². The van der Waals surface area contributed by atoms with E-state index in [1.165, 1.54) is 71.3 Å². The number of methoxy groups -OCH3 is 1. The number of aliphatic imine (C=N–C) groups is 1. The van der Waals surface area contributed by atoms with Crippen LogP contribution in [0.15, 0.2) is 17.1 Å². The highest BCUT2D eigenvalue weighted by Crippen LogP contribution is 2.22. The normalized spacial score (nSPS) is 17.2. The summed E-state index contributed by atoms with van der Waals surface area (Å²) in [6.07, 6.45) is 18.8. The average Bonchev–Trinajstić information content (AvgIpc) is 3.29. The number of carbonyl (C=O) groups excluding carboxylic acids is 1. The van der Waals surface area contributed by atoms with Crippen LogP contribution in [-0.2, 0) is 9.53 Å². The molecule has 1 aliphatic rings. The number of esters is 1. The minimum absolute atomic E-state index is 0.243. The van der Waals surface area contributed by atoms with Crippen LogP contribution in [0.3, 0.4) is 0 Å². The first kappa shape index (κ1) is 20.9. The van der Waals surface area contributed by atoms with Crippen LogP contribution >= 0.6 is 0 Å². The van der Waals surface area contributed by atoms with Gasteiger partial charge in [0.05, 0.1) is 12.8 Å². The van der Waals surface area contributed by atoms with E-state index in [0.717, 1.165) is 12.1 Å². The van der Waals surface area contributed by atoms with E-state index < -0.39 is 0 Å². The molecule has 0 aliphatic carbocycles. The molecular weight excluding hydrogens is 298 g/mol. The smallest absolute Gasteiger partial charge is 0.336 e. The molecule has 0 spiro atoms. The molecule has 3 heteroatoms. The lowest BCUT2D eigenvalue weighted by atomic mass is 9.89. The topological polar surface area (TPSA) is 38.7 Å². The summed E-state index contributed by atoms with van der Waals surface area (Å²) < 4.78 is 4.64. The van der Waals surface area contributed by atoms with Crippen molar-refractivity contribution in [2.75, 3.05) is 7.11 Å². The molecule has 0 fully saturated rings. The Kier molecular flexibility index (Phi) is 9.97. The Bertz CT molecular complexity index is 418. The molecule has 24 heavy (non-hydrogen) atoms. The zero-order valence-corrected chi connectivity index (χ0v) is 16.3. The molecule has 1 rings (SSSR count). The Morgan fingerprint density at radius 3 is 2.08 bits per heavy atom. The van der Waals surface area contributed by atoms with Crippen LogP contribution in [0.1, 0.15) is 91.4 Å². The quantitative estimate of drug-likeness (QED) is 0.311. The van der Waals surface area contributed by atoms with Gasteiger partial charge >= 0.3 is 5.97 Å². The van der Waals surface area contributed by atoms with Gasteiger partial charge in [0.15, 0.2) is 6.04 Å². The van der Waals surface area contributed by atoms with E-state index in [2.05, 4.69) is 36.6 Å². The standard InChI is InChI=1S/C21H37NO2/c1-21(2,3)17-15-13-11-9-7-5-6-8-10-12-14-16-18-19(22-18)20(23)24-4/h14,16,19H,5-13,15,17H2,1-4H3/b16-14-/t19-/m1/s1. The second-order valence-electron chi connectivity index (χ2n) is 8.16. The molecule has 0 aromatic rings. The maximum Gasteiger partial charge on any atom is 0.336 e. The third kappa shape index (κ3) is 10.6. The third-order valence-electron chi connectivity index (χ3n) is 4.50. The van der Waals surface area contributed by atoms with Crippen molar-refractivity contribution in [1.82, 2.24) is 0 Å². The molecule has 1 aliphatic heterocycles. The van der Waals surface area contributed by atoms with E-state index in [1.807, 2.05) is 6.08 Å². The van der Waals surface area contributed by atoms with E-state index >= 15 is 0 Å². The number of nitrogens with zero attached hydrogens (tertiary/aromatic N) is 1. The van der Waals surface area contributed by atoms with Gasteiger partial charge in [-0.1, -0.05) is 78.2 Å². The molecule has 0 saturated heterocycles. The fourth-order valence-electron chi connectivity index (χ4n) is 2.89. The molecule has 1 atom stereocenters. The number of hydrogen-bond acceptors (Lipinski definition) is 3. The zero-order chi connectivity index (χ0) is 17.8. The first-order valence-electron chi connectivity index (χ1n) is 9.76. The van der Waals surface area contributed by atoms with E-state index in [-0.39, 0.29) is 12.0 Å². The fraction of sp³-hybridized carbons (Fsp3) is 0.810. The Hall–Kier alpha value is -1.12. The highest BCUT2D eigenvalue weighted by atomic mass is 16.5. The fourth-order valence-corrected chi connectivity index (χ4v) is 2.89. The first-order chi connectivity index (χ1) is 11.4. The minimum Gasteiger partial charge on any atom is -0.467 e. The lowest BCUT2D eigenvalue weighted by Gasteiger charge is -2.17. The van der Waals surface area contributed by atoms with Crippen molar-refractivity contribution in [3.63, 3.8) is 0 Å². The molecular formula is C21H37NO2. The largest absolute Gasteiger partial charge is 0.467 e. The van der Waals surface area contributed by atoms with Crippen molar-refractivity contribution in [2.45, 2.75) is 97.4 Å². The van der Waals surface area contributed by atoms with Gasteiger partial charge in [0.2, 0.25) is 0 Å². The number of rotatable bonds is 13. The number of carbonyl (C=O) groups is 1. The highest BCUT2D eigenvalue weighted by molar-refractivity contribution is 6.21. The van der Waals surface area contributed by atoms with Gasteiger partial charge in [-0.2, -0.15) is 0 Å². The summed E-state index contributed by atoms with van der Waals surface area (Å²) >= 11 is 0. The van der Waals surface area contributed by atoms with Crippen molar-refractivity contribution in [3.8, 4) is 0 Å². The molecule has 0 saturated carbocycles. The molecule has 0 N–H and O–H groups in total. The van der Waals surface area contributed by atoms with E-state index in [1.54, 1.807) is 0 Å². The molecule has 0 amide bonds. The molecule has 0 bridgehead atoms. The summed E-state index contributed by atoms with van der Waals surface area (Å²) in [6, 6.07) is -0.311. The van der Waals surface area contributed by atoms with Crippen LogP contribution in [0.2, 0.25) is 0 Å². The summed E-state index contributed by atoms with van der Waals surface area (Å²) in [4.78, 5) is 15.3. The number of allylic oxidation sites excluding steroid dienone is 1. The van der Waals surface area contributed by atoms with Gasteiger partial charge in [-0.3, -0.25) is 4.99 Å². The Balaban J connectivity index is 1.80. The maximum atomic E-state index is 11.2. The predicted molar refractivity (Wildman–Crippen MR) is 103 cm³/mol. The van der Waals surface area contributed by atoms with Gasteiger partial charge in [0.1, 0.15) is 0 Å². The highest BCUT2D eigenvalue weighted by Gasteiger charge is 2.33. The predicted octanol–water partition coefficient (Wildman–Crippen LogP) is 5.88. The van der Waals surface area contributed by atoms with Crippen LogP contribution in [0.25, 0.3) is 0 Å². The third-order valence-corrected chi connectivity index (χ3v) is 4.50. The van der Waals surface area contributed by atoms with Crippen molar-refractivity contribution in [1.29, 1.82) is 0 Å². The number of ether oxygens (including phenoxy) is 1. The molecule has 138 valence electrons. The number of unbranched alkanes of at least 4 members (excludes halogenated alkanes) is 9. The van der Waals surface area contributed by atoms with E-state index in [0.29, 0.717) is 5.41 Å². The summed E-state index contributed by atoms with van der Waals surface area (Å²) in [7, 11) is 1.41. The van der Waals surface area contributed by atoms with Gasteiger partial charge in [-0.25, -0.2) is 4.79 Å². The molecule has 0 radical (unpaired) electrons. The second-order valence-corrected chi connectivity index (χ2v) is 8.16. The average molecular weight is 336 g/mol. The maximum absolute atomic E-state index is 11.2. The summed E-state index contributed by atoms with van der Waals surface area (Å²) in [5.41, 5.74) is 1.37. The summed E-state index contributed by atoms with van der Waals surface area (Å²) in [5.74, 6) is -0.243. The van der Waals surface area contributed by atoms with Gasteiger partial charge in [0.25, 0.3) is 0 Å². The zero-order valence-electron chi connectivity index (χ0n) is 16.3. The molecule has 0 unspecified atom stereocenters. The lowest BCUT2D eigenvalue weighted by molar-refractivity contribution is -0.139. The monoisotopic (exact) mass is 335 g/mol. The summed E-state index contributed by atoms with van der Waals surface area (Å²) in [5, 5.41) is 0. The van der Waals surface area contributed by atoms with Gasteiger partial charge in [-0.05, 0) is 30.8 Å². The Labute approximate surface area is 149 Å². The van der Waals surface area contributed by atoms with Crippen molar-refractivity contribution in [3.05, 3.63) is 12.2 Å². The number of hydrogen-bond donors (Lipinski definition) is 0.